The molecule has 0 aromatic carbocycles. The van der Waals surface area contributed by atoms with Crippen LogP contribution in [-0.4, -0.2) is 14.5 Å². The van der Waals surface area contributed by atoms with E-state index in [4.69, 9.17) is 5.73 Å². The van der Waals surface area contributed by atoms with Gasteiger partial charge in [-0.3, -0.25) is 0 Å². The van der Waals surface area contributed by atoms with Crippen molar-refractivity contribution in [1.29, 1.82) is 0 Å². The Balaban J connectivity index is 2.55. The highest BCUT2D eigenvalue weighted by atomic mass is 15.0. The predicted molar refractivity (Wildman–Crippen MR) is 50.9 cm³/mol. The van der Waals surface area contributed by atoms with Gasteiger partial charge in [-0.05, 0) is 6.07 Å². The summed E-state index contributed by atoms with van der Waals surface area (Å²) in [5.74, 6) is 0. The molecule has 0 bridgehead atoms. The van der Waals surface area contributed by atoms with E-state index in [0.717, 1.165) is 17.0 Å². The summed E-state index contributed by atoms with van der Waals surface area (Å²) in [6.45, 7) is 0.474. The number of aromatic nitrogens is 3. The minimum Gasteiger partial charge on any atom is -0.367 e. The fraction of sp³-hybridized carbons (Fsp3) is 0.222. The van der Waals surface area contributed by atoms with Crippen molar-refractivity contribution in [1.82, 2.24) is 14.5 Å². The molecule has 2 heterocycles. The van der Waals surface area contributed by atoms with Crippen LogP contribution in [0.2, 0.25) is 0 Å². The standard InChI is InChI=1S/C9H12N4/c1-13-6-12-8(4-10)9(13)7-2-3-11-5-7/h2-3,5-6,11H,4,10H2,1H3. The molecular weight excluding hydrogens is 164 g/mol. The number of hydrogen-bond acceptors (Lipinski definition) is 2. The van der Waals surface area contributed by atoms with Crippen molar-refractivity contribution in [3.05, 3.63) is 30.5 Å². The zero-order valence-electron chi connectivity index (χ0n) is 7.49. The van der Waals surface area contributed by atoms with E-state index in [2.05, 4.69) is 9.97 Å². The molecule has 2 rings (SSSR count). The van der Waals surface area contributed by atoms with Gasteiger partial charge in [0.15, 0.2) is 0 Å². The Morgan fingerprint density at radius 2 is 2.46 bits per heavy atom. The summed E-state index contributed by atoms with van der Waals surface area (Å²) in [6.07, 6.45) is 5.61. The summed E-state index contributed by atoms with van der Waals surface area (Å²) < 4.78 is 1.98. The summed E-state index contributed by atoms with van der Waals surface area (Å²) in [7, 11) is 1.97. The van der Waals surface area contributed by atoms with Crippen LogP contribution in [0.1, 0.15) is 5.69 Å². The Labute approximate surface area is 76.4 Å². The van der Waals surface area contributed by atoms with Gasteiger partial charge in [0.1, 0.15) is 0 Å². The third kappa shape index (κ3) is 1.25. The minimum atomic E-state index is 0.474. The van der Waals surface area contributed by atoms with Crippen LogP contribution in [0.25, 0.3) is 11.3 Å². The molecule has 0 amide bonds. The molecule has 4 heteroatoms. The van der Waals surface area contributed by atoms with E-state index in [1.807, 2.05) is 30.1 Å². The maximum Gasteiger partial charge on any atom is 0.0952 e. The SMILES string of the molecule is Cn1cnc(CN)c1-c1cc[nH]c1. The third-order valence-electron chi connectivity index (χ3n) is 2.08. The highest BCUT2D eigenvalue weighted by Crippen LogP contribution is 2.21. The molecule has 0 aliphatic heterocycles. The van der Waals surface area contributed by atoms with E-state index in [1.54, 1.807) is 6.33 Å². The number of imidazole rings is 1. The van der Waals surface area contributed by atoms with E-state index in [9.17, 15) is 0 Å². The van der Waals surface area contributed by atoms with Crippen molar-refractivity contribution in [2.75, 3.05) is 0 Å². The lowest BCUT2D eigenvalue weighted by Crippen LogP contribution is -1.99. The van der Waals surface area contributed by atoms with Gasteiger partial charge < -0.3 is 15.3 Å². The lowest BCUT2D eigenvalue weighted by Gasteiger charge is -2.01. The van der Waals surface area contributed by atoms with Gasteiger partial charge in [-0.1, -0.05) is 0 Å². The Hall–Kier alpha value is -1.55. The number of rotatable bonds is 2. The second-order valence-corrected chi connectivity index (χ2v) is 2.95. The topological polar surface area (TPSA) is 59.6 Å². The quantitative estimate of drug-likeness (QED) is 0.713. The van der Waals surface area contributed by atoms with Gasteiger partial charge in [-0.2, -0.15) is 0 Å². The molecule has 0 spiro atoms. The monoisotopic (exact) mass is 176 g/mol. The fourth-order valence-electron chi connectivity index (χ4n) is 1.47. The predicted octanol–water partition coefficient (Wildman–Crippen LogP) is 0.874. The second-order valence-electron chi connectivity index (χ2n) is 2.95. The number of H-pyrrole nitrogens is 1. The van der Waals surface area contributed by atoms with Crippen molar-refractivity contribution in [3.63, 3.8) is 0 Å². The highest BCUT2D eigenvalue weighted by Gasteiger charge is 2.09. The van der Waals surface area contributed by atoms with Gasteiger partial charge in [0.2, 0.25) is 0 Å². The summed E-state index contributed by atoms with van der Waals surface area (Å²) in [5, 5.41) is 0. The van der Waals surface area contributed by atoms with Crippen molar-refractivity contribution < 1.29 is 0 Å². The van der Waals surface area contributed by atoms with Crippen LogP contribution in [0, 0.1) is 0 Å². The van der Waals surface area contributed by atoms with Crippen LogP contribution in [0.4, 0.5) is 0 Å². The van der Waals surface area contributed by atoms with Crippen LogP contribution in [0.5, 0.6) is 0 Å². The summed E-state index contributed by atoms with van der Waals surface area (Å²) in [6, 6.07) is 2.01. The summed E-state index contributed by atoms with van der Waals surface area (Å²) >= 11 is 0. The van der Waals surface area contributed by atoms with Gasteiger partial charge in [0.05, 0.1) is 17.7 Å². The third-order valence-corrected chi connectivity index (χ3v) is 2.08. The van der Waals surface area contributed by atoms with Gasteiger partial charge in [-0.15, -0.1) is 0 Å². The van der Waals surface area contributed by atoms with Crippen LogP contribution < -0.4 is 5.73 Å². The molecule has 4 nitrogen and oxygen atoms in total. The zero-order chi connectivity index (χ0) is 9.26. The van der Waals surface area contributed by atoms with E-state index in [-0.39, 0.29) is 0 Å². The lowest BCUT2D eigenvalue weighted by atomic mass is 10.2. The molecule has 0 saturated carbocycles. The number of aryl methyl sites for hydroxylation is 1. The fourth-order valence-corrected chi connectivity index (χ4v) is 1.47. The van der Waals surface area contributed by atoms with Crippen LogP contribution >= 0.6 is 0 Å². The molecule has 0 aliphatic carbocycles. The van der Waals surface area contributed by atoms with Crippen molar-refractivity contribution in [3.8, 4) is 11.3 Å². The van der Waals surface area contributed by atoms with Crippen molar-refractivity contribution in [2.24, 2.45) is 12.8 Å². The van der Waals surface area contributed by atoms with E-state index in [1.165, 1.54) is 0 Å². The first-order valence-electron chi connectivity index (χ1n) is 4.16. The van der Waals surface area contributed by atoms with Crippen LogP contribution in [0.15, 0.2) is 24.8 Å². The van der Waals surface area contributed by atoms with Crippen LogP contribution in [0.3, 0.4) is 0 Å². The maximum absolute atomic E-state index is 5.58. The average molecular weight is 176 g/mol. The summed E-state index contributed by atoms with van der Waals surface area (Å²) in [5.41, 5.74) is 8.73. The maximum atomic E-state index is 5.58. The molecule has 2 aromatic rings. The normalized spacial score (nSPS) is 10.6. The molecular formula is C9H12N4. The molecule has 68 valence electrons. The van der Waals surface area contributed by atoms with Gasteiger partial charge in [0.25, 0.3) is 0 Å². The molecule has 0 unspecified atom stereocenters. The highest BCUT2D eigenvalue weighted by molar-refractivity contribution is 5.61. The number of nitrogens with zero attached hydrogens (tertiary/aromatic N) is 2. The van der Waals surface area contributed by atoms with Gasteiger partial charge >= 0.3 is 0 Å². The lowest BCUT2D eigenvalue weighted by molar-refractivity contribution is 0.920. The zero-order valence-corrected chi connectivity index (χ0v) is 7.49. The largest absolute Gasteiger partial charge is 0.367 e. The molecule has 0 fully saturated rings. The molecule has 0 aliphatic rings. The van der Waals surface area contributed by atoms with E-state index in [0.29, 0.717) is 6.54 Å². The Morgan fingerprint density at radius 3 is 3.08 bits per heavy atom. The Morgan fingerprint density at radius 1 is 1.62 bits per heavy atom. The number of nitrogens with two attached hydrogens (primary N) is 1. The molecule has 13 heavy (non-hydrogen) atoms. The average Bonchev–Trinajstić information content (AvgIpc) is 2.72. The molecule has 3 N–H and O–H groups in total. The number of aromatic amines is 1. The first-order valence-corrected chi connectivity index (χ1v) is 4.16. The van der Waals surface area contributed by atoms with Gasteiger partial charge in [0, 0.05) is 31.5 Å². The Bertz CT molecular complexity index is 386. The summed E-state index contributed by atoms with van der Waals surface area (Å²) in [4.78, 5) is 7.23. The second kappa shape index (κ2) is 3.06. The van der Waals surface area contributed by atoms with Crippen LogP contribution in [-0.2, 0) is 13.6 Å². The number of nitrogens with one attached hydrogen (secondary N) is 1. The minimum absolute atomic E-state index is 0.474. The van der Waals surface area contributed by atoms with E-state index < -0.39 is 0 Å². The van der Waals surface area contributed by atoms with Crippen molar-refractivity contribution in [2.45, 2.75) is 6.54 Å². The molecule has 2 aromatic heterocycles. The van der Waals surface area contributed by atoms with Gasteiger partial charge in [-0.25, -0.2) is 4.98 Å². The van der Waals surface area contributed by atoms with E-state index >= 15 is 0 Å². The smallest absolute Gasteiger partial charge is 0.0952 e. The first kappa shape index (κ1) is 8.07. The first-order chi connectivity index (χ1) is 6.33. The molecule has 0 atom stereocenters. The van der Waals surface area contributed by atoms with Crippen molar-refractivity contribution >= 4 is 0 Å². The number of hydrogen-bond donors (Lipinski definition) is 2. The molecule has 0 saturated heterocycles. The molecule has 0 radical (unpaired) electrons. The Kier molecular flexibility index (Phi) is 1.90.